The third-order valence-electron chi connectivity index (χ3n) is 5.19. The second-order valence-corrected chi connectivity index (χ2v) is 7.37. The largest absolute Gasteiger partial charge is 0.455 e. The predicted octanol–water partition coefficient (Wildman–Crippen LogP) is 4.48. The van der Waals surface area contributed by atoms with Crippen molar-refractivity contribution < 1.29 is 14.3 Å². The van der Waals surface area contributed by atoms with Gasteiger partial charge in [0, 0.05) is 33.0 Å². The summed E-state index contributed by atoms with van der Waals surface area (Å²) in [5, 5.41) is 0. The Hall–Kier alpha value is -2.82. The van der Waals surface area contributed by atoms with Crippen molar-refractivity contribution in [1.29, 1.82) is 0 Å². The number of likely N-dealkylation sites (tertiary alicyclic amines) is 1. The van der Waals surface area contributed by atoms with Crippen LogP contribution in [0, 0.1) is 5.92 Å². The first-order valence-electron chi connectivity index (χ1n) is 9.92. The monoisotopic (exact) mass is 380 g/mol. The Morgan fingerprint density at radius 2 is 1.68 bits per heavy atom. The standard InChI is InChI=1S/C23H28N2O3/c1-18-12-15-24(16-13-18)23(27)14-17-25(19(2)26)21-10-6-7-11-22(21)28-20-8-4-3-5-9-20/h3-11,18H,12-17H2,1-2H3. The molecule has 2 aromatic carbocycles. The fourth-order valence-corrected chi connectivity index (χ4v) is 3.45. The van der Waals surface area contributed by atoms with Crippen molar-refractivity contribution in [3.63, 3.8) is 0 Å². The van der Waals surface area contributed by atoms with Crippen molar-refractivity contribution in [3.05, 3.63) is 54.6 Å². The molecule has 1 fully saturated rings. The smallest absolute Gasteiger partial charge is 0.224 e. The number of piperidine rings is 1. The van der Waals surface area contributed by atoms with Crippen molar-refractivity contribution in [2.45, 2.75) is 33.1 Å². The number of hydrogen-bond acceptors (Lipinski definition) is 3. The number of para-hydroxylation sites is 3. The lowest BCUT2D eigenvalue weighted by Gasteiger charge is -2.31. The molecule has 0 radical (unpaired) electrons. The van der Waals surface area contributed by atoms with E-state index in [1.807, 2.05) is 59.5 Å². The van der Waals surface area contributed by atoms with Crippen LogP contribution in [-0.2, 0) is 9.59 Å². The van der Waals surface area contributed by atoms with Gasteiger partial charge in [-0.05, 0) is 43.0 Å². The summed E-state index contributed by atoms with van der Waals surface area (Å²) in [7, 11) is 0. The van der Waals surface area contributed by atoms with E-state index in [1.165, 1.54) is 6.92 Å². The average Bonchev–Trinajstić information content (AvgIpc) is 2.70. The van der Waals surface area contributed by atoms with Gasteiger partial charge in [-0.2, -0.15) is 0 Å². The third kappa shape index (κ3) is 5.12. The molecule has 0 aromatic heterocycles. The van der Waals surface area contributed by atoms with Crippen LogP contribution < -0.4 is 9.64 Å². The number of ether oxygens (including phenoxy) is 1. The minimum absolute atomic E-state index is 0.107. The number of carbonyl (C=O) groups excluding carboxylic acids is 2. The molecule has 0 unspecified atom stereocenters. The number of rotatable bonds is 6. The lowest BCUT2D eigenvalue weighted by Crippen LogP contribution is -2.40. The van der Waals surface area contributed by atoms with Crippen LogP contribution in [0.3, 0.4) is 0 Å². The molecule has 2 aromatic rings. The topological polar surface area (TPSA) is 49.9 Å². The minimum Gasteiger partial charge on any atom is -0.455 e. The third-order valence-corrected chi connectivity index (χ3v) is 5.19. The fraction of sp³-hybridized carbons (Fsp3) is 0.391. The number of nitrogens with zero attached hydrogens (tertiary/aromatic N) is 2. The molecule has 0 saturated carbocycles. The van der Waals surface area contributed by atoms with Gasteiger partial charge >= 0.3 is 0 Å². The van der Waals surface area contributed by atoms with Crippen molar-refractivity contribution in [2.24, 2.45) is 5.92 Å². The van der Waals surface area contributed by atoms with Crippen LogP contribution in [0.15, 0.2) is 54.6 Å². The molecule has 5 nitrogen and oxygen atoms in total. The highest BCUT2D eigenvalue weighted by Crippen LogP contribution is 2.32. The molecule has 0 N–H and O–H groups in total. The second-order valence-electron chi connectivity index (χ2n) is 7.37. The van der Waals surface area contributed by atoms with Crippen molar-refractivity contribution >= 4 is 17.5 Å². The molecule has 0 atom stereocenters. The van der Waals surface area contributed by atoms with Crippen molar-refractivity contribution in [2.75, 3.05) is 24.5 Å². The molecule has 1 aliphatic heterocycles. The molecule has 0 bridgehead atoms. The zero-order valence-electron chi connectivity index (χ0n) is 16.6. The molecule has 28 heavy (non-hydrogen) atoms. The van der Waals surface area contributed by atoms with Gasteiger partial charge in [0.05, 0.1) is 5.69 Å². The molecule has 3 rings (SSSR count). The first-order chi connectivity index (χ1) is 13.5. The van der Waals surface area contributed by atoms with Crippen molar-refractivity contribution in [1.82, 2.24) is 4.90 Å². The van der Waals surface area contributed by atoms with E-state index in [2.05, 4.69) is 6.92 Å². The molecular formula is C23H28N2O3. The first-order valence-corrected chi connectivity index (χ1v) is 9.92. The lowest BCUT2D eigenvalue weighted by atomic mass is 9.99. The molecule has 1 heterocycles. The van der Waals surface area contributed by atoms with Crippen LogP contribution in [0.4, 0.5) is 5.69 Å². The summed E-state index contributed by atoms with van der Waals surface area (Å²) in [6, 6.07) is 16.9. The van der Waals surface area contributed by atoms with E-state index in [9.17, 15) is 9.59 Å². The van der Waals surface area contributed by atoms with Crippen LogP contribution in [0.2, 0.25) is 0 Å². The summed E-state index contributed by atoms with van der Waals surface area (Å²) in [6.07, 6.45) is 2.42. The molecule has 0 spiro atoms. The molecule has 1 saturated heterocycles. The molecule has 5 heteroatoms. The number of hydrogen-bond donors (Lipinski definition) is 0. The Balaban J connectivity index is 1.70. The van der Waals surface area contributed by atoms with Crippen molar-refractivity contribution in [3.8, 4) is 11.5 Å². The maximum Gasteiger partial charge on any atom is 0.224 e. The van der Waals surface area contributed by atoms with E-state index in [0.717, 1.165) is 25.9 Å². The number of carbonyl (C=O) groups is 2. The lowest BCUT2D eigenvalue weighted by molar-refractivity contribution is -0.132. The van der Waals surface area contributed by atoms with Crippen LogP contribution in [0.5, 0.6) is 11.5 Å². The van der Waals surface area contributed by atoms with Crippen LogP contribution in [-0.4, -0.2) is 36.3 Å². The summed E-state index contributed by atoms with van der Waals surface area (Å²) < 4.78 is 5.99. The summed E-state index contributed by atoms with van der Waals surface area (Å²) in [6.45, 7) is 5.71. The van der Waals surface area contributed by atoms with Crippen LogP contribution >= 0.6 is 0 Å². The second kappa shape index (κ2) is 9.40. The van der Waals surface area contributed by atoms with E-state index in [4.69, 9.17) is 4.74 Å². The zero-order chi connectivity index (χ0) is 19.9. The summed E-state index contributed by atoms with van der Waals surface area (Å²) in [5.41, 5.74) is 0.680. The Labute approximate surface area is 166 Å². The molecule has 1 aliphatic rings. The van der Waals surface area contributed by atoms with Crippen LogP contribution in [0.1, 0.15) is 33.1 Å². The Morgan fingerprint density at radius 3 is 2.36 bits per heavy atom. The van der Waals surface area contributed by atoms with E-state index >= 15 is 0 Å². The van der Waals surface area contributed by atoms with E-state index < -0.39 is 0 Å². The SMILES string of the molecule is CC(=O)N(CCC(=O)N1CCC(C)CC1)c1ccccc1Oc1ccccc1. The Morgan fingerprint density at radius 1 is 1.04 bits per heavy atom. The molecule has 2 amide bonds. The number of anilines is 1. The maximum absolute atomic E-state index is 12.6. The quantitative estimate of drug-likeness (QED) is 0.742. The highest BCUT2D eigenvalue weighted by Gasteiger charge is 2.23. The fourth-order valence-electron chi connectivity index (χ4n) is 3.45. The average molecular weight is 380 g/mol. The highest BCUT2D eigenvalue weighted by atomic mass is 16.5. The molecular weight excluding hydrogens is 352 g/mol. The Kier molecular flexibility index (Phi) is 6.69. The van der Waals surface area contributed by atoms with E-state index in [-0.39, 0.29) is 11.8 Å². The van der Waals surface area contributed by atoms with Gasteiger partial charge < -0.3 is 14.5 Å². The van der Waals surface area contributed by atoms with E-state index in [1.54, 1.807) is 4.90 Å². The first kappa shape index (κ1) is 19.9. The maximum atomic E-state index is 12.6. The normalized spacial score (nSPS) is 14.6. The van der Waals surface area contributed by atoms with Gasteiger partial charge in [-0.15, -0.1) is 0 Å². The summed E-state index contributed by atoms with van der Waals surface area (Å²) in [4.78, 5) is 28.5. The molecule has 0 aliphatic carbocycles. The van der Waals surface area contributed by atoms with Gasteiger partial charge in [0.25, 0.3) is 0 Å². The number of benzene rings is 2. The van der Waals surface area contributed by atoms with Gasteiger partial charge in [0.2, 0.25) is 11.8 Å². The van der Waals surface area contributed by atoms with Gasteiger partial charge in [0.1, 0.15) is 5.75 Å². The van der Waals surface area contributed by atoms with Crippen LogP contribution in [0.25, 0.3) is 0 Å². The van der Waals surface area contributed by atoms with Gasteiger partial charge in [0.15, 0.2) is 5.75 Å². The zero-order valence-corrected chi connectivity index (χ0v) is 16.6. The van der Waals surface area contributed by atoms with Gasteiger partial charge in [-0.1, -0.05) is 37.3 Å². The summed E-state index contributed by atoms with van der Waals surface area (Å²) >= 11 is 0. The highest BCUT2D eigenvalue weighted by molar-refractivity contribution is 5.94. The predicted molar refractivity (Wildman–Crippen MR) is 111 cm³/mol. The van der Waals surface area contributed by atoms with Gasteiger partial charge in [-0.25, -0.2) is 0 Å². The Bertz CT molecular complexity index is 799. The van der Waals surface area contributed by atoms with E-state index in [0.29, 0.717) is 36.1 Å². The van der Waals surface area contributed by atoms with Gasteiger partial charge in [-0.3, -0.25) is 9.59 Å². The summed E-state index contributed by atoms with van der Waals surface area (Å²) in [5.74, 6) is 1.99. The number of amides is 2. The molecule has 148 valence electrons. The minimum atomic E-state index is -0.107.